The monoisotopic (exact) mass is 1770 g/mol. The highest BCUT2D eigenvalue weighted by molar-refractivity contribution is 7.85. The molecule has 0 radical (unpaired) electrons. The predicted octanol–water partition coefficient (Wildman–Crippen LogP) is 10.1. The van der Waals surface area contributed by atoms with Crippen LogP contribution in [-0.4, -0.2) is 254 Å². The molecule has 0 aromatic heterocycles. The summed E-state index contributed by atoms with van der Waals surface area (Å²) in [7, 11) is 2.08. The second-order valence-corrected chi connectivity index (χ2v) is 41.4. The van der Waals surface area contributed by atoms with Crippen molar-refractivity contribution in [3.05, 3.63) is 0 Å². The highest BCUT2D eigenvalue weighted by Crippen LogP contribution is 2.41. The molecule has 117 heavy (non-hydrogen) atoms. The Bertz CT molecular complexity index is 3180. The summed E-state index contributed by atoms with van der Waals surface area (Å²) >= 11 is 13.6. The Morgan fingerprint density at radius 2 is 0.675 bits per heavy atom. The lowest BCUT2D eigenvalue weighted by atomic mass is 9.72. The van der Waals surface area contributed by atoms with Gasteiger partial charge in [0, 0.05) is 84.2 Å². The molecule has 5 amide bonds. The zero-order chi connectivity index (χ0) is 90.8. The van der Waals surface area contributed by atoms with Crippen molar-refractivity contribution in [1.29, 1.82) is 0 Å². The van der Waals surface area contributed by atoms with E-state index in [1.54, 1.807) is 69.7 Å². The molecular weight excluding hydrogens is 1610 g/mol. The van der Waals surface area contributed by atoms with Gasteiger partial charge in [-0.25, -0.2) is 8.42 Å². The van der Waals surface area contributed by atoms with Gasteiger partial charge in [0.25, 0.3) is 0 Å². The van der Waals surface area contributed by atoms with E-state index in [2.05, 4.69) is 85.2 Å². The first-order chi connectivity index (χ1) is 53.8. The molecule has 0 aromatic rings. The summed E-state index contributed by atoms with van der Waals surface area (Å²) in [6, 6.07) is 0. The Labute approximate surface area is 722 Å². The number of hydrogen-bond acceptors (Lipinski definition) is 23. The van der Waals surface area contributed by atoms with Crippen LogP contribution in [0.25, 0.3) is 0 Å². The van der Waals surface area contributed by atoms with Crippen LogP contribution in [0.5, 0.6) is 0 Å². The first-order valence-electron chi connectivity index (χ1n) is 42.5. The average Bonchev–Trinajstić information content (AvgIpc) is 0.825. The van der Waals surface area contributed by atoms with Crippen LogP contribution in [-0.2, 0) is 87.1 Å². The summed E-state index contributed by atoms with van der Waals surface area (Å²) in [5, 5.41) is 26.0. The summed E-state index contributed by atoms with van der Waals surface area (Å²) in [6.07, 6.45) is 20.3. The normalized spacial score (nSPS) is 14.6. The molecule has 6 atom stereocenters. The minimum atomic E-state index is -4.42. The fraction of sp³-hybridized carbons (Fsp3) is 0.880. The van der Waals surface area contributed by atoms with E-state index in [9.17, 15) is 74.4 Å². The number of unbranched alkanes of at least 4 members (excludes halogenated alkanes) is 3. The summed E-state index contributed by atoms with van der Waals surface area (Å²) in [5.41, 5.74) is -5.28. The van der Waals surface area contributed by atoms with Gasteiger partial charge in [0.15, 0.2) is 5.88 Å². The maximum atomic E-state index is 13.0. The predicted molar refractivity (Wildman–Crippen MR) is 468 cm³/mol. The lowest BCUT2D eigenvalue weighted by molar-refractivity contribution is -0.890. The van der Waals surface area contributed by atoms with Crippen LogP contribution < -0.4 is 31.7 Å². The number of carboxylic acids is 1. The SMILES string of the molecule is CCCC(S)CCCCC(=O)NCCOC(=O)C(C)(CC)CC(C)(C)C(=O)NCCC[N+](C)(C)CCCC(=O)[O-].CCCC(S)CCCCC(=O)NCCOC(=O)C(C)(CC)CC(C)(C)C(=O)NCCC[N+](C)(C)CS(=O)(=O)O.CCCC(S)CCCCC(=O)NCCOC(=O)C(C)(CC)CC(C)(C)C(=O)OCC[N+](C)(C)CS(=O)(=O)[O-]. The van der Waals surface area contributed by atoms with Crippen molar-refractivity contribution in [2.45, 2.75) is 299 Å². The molecule has 0 aliphatic carbocycles. The number of carbonyl (C=O) groups is 10. The number of ether oxygens (including phenoxy) is 4. The van der Waals surface area contributed by atoms with Gasteiger partial charge in [-0.1, -0.05) is 108 Å². The molecule has 0 fully saturated rings. The topological polar surface area (TPSA) is 402 Å². The van der Waals surface area contributed by atoms with E-state index in [1.165, 1.54) is 0 Å². The molecule has 688 valence electrons. The number of aliphatic carboxylic acids is 1. The number of likely N-dealkylation sites (N-methyl/N-ethyl adjacent to an activating group) is 1. The number of esters is 4. The van der Waals surface area contributed by atoms with Crippen molar-refractivity contribution in [3.63, 3.8) is 0 Å². The molecule has 0 aromatic carbocycles. The maximum Gasteiger partial charge on any atom is 0.316 e. The van der Waals surface area contributed by atoms with Crippen LogP contribution in [0.2, 0.25) is 0 Å². The Morgan fingerprint density at radius 1 is 0.376 bits per heavy atom. The van der Waals surface area contributed by atoms with Gasteiger partial charge in [-0.15, -0.1) is 0 Å². The standard InChI is InChI=1S/C30H57N3O6S.C27H53N3O7S2.C26H50N2O8S2/c1-8-14-24(40)15-10-11-16-25(34)31-19-22-39-28(38)30(5,9-2)23-29(3,4)27(37)32-18-13-21-33(6,7)20-12-17-26(35)36;1-8-13-22(38)14-10-11-15-23(31)28-17-19-37-25(33)27(5,9-2)20-26(3,4)24(32)29-16-12-18-30(6,7)21-39(34,35)36;1-8-12-21(37)13-10-11-14-22(29)27-15-17-35-24(31)26(5,9-2)19-25(3,4)23(30)36-18-16-28(6,7)20-38(32,33)34/h24H,8-23H2,1-7H3,(H3-,31,32,34,35,36,37,40);22H,8-21H2,1-7H3,(H3-,28,29,31,32,34,35,36,38);21H,8-20H2,1-7H3,(H2-,27,29,32,33,34,37)/p+1. The van der Waals surface area contributed by atoms with Crippen LogP contribution in [0, 0.1) is 32.5 Å². The summed E-state index contributed by atoms with van der Waals surface area (Å²) in [4.78, 5) is 124. The van der Waals surface area contributed by atoms with Crippen molar-refractivity contribution in [2.24, 2.45) is 32.5 Å². The highest BCUT2D eigenvalue weighted by atomic mass is 32.2. The third-order valence-corrected chi connectivity index (χ3v) is 24.6. The largest absolute Gasteiger partial charge is 0.744 e. The third-order valence-electron chi connectivity index (χ3n) is 21.1. The zero-order valence-electron chi connectivity index (χ0n) is 75.7. The van der Waals surface area contributed by atoms with E-state index in [4.69, 9.17) is 23.5 Å². The molecule has 0 spiro atoms. The Balaban J connectivity index is -0.00000167. The van der Waals surface area contributed by atoms with Crippen molar-refractivity contribution < 1.29 is 111 Å². The maximum absolute atomic E-state index is 13.0. The van der Waals surface area contributed by atoms with Crippen LogP contribution in [0.3, 0.4) is 0 Å². The molecule has 34 heteroatoms. The van der Waals surface area contributed by atoms with Crippen LogP contribution in [0.15, 0.2) is 0 Å². The van der Waals surface area contributed by atoms with Gasteiger partial charge >= 0.3 is 34.0 Å². The Morgan fingerprint density at radius 3 is 0.974 bits per heavy atom. The van der Waals surface area contributed by atoms with Gasteiger partial charge in [-0.3, -0.25) is 47.7 Å². The fourth-order valence-electron chi connectivity index (χ4n) is 13.6. The van der Waals surface area contributed by atoms with Gasteiger partial charge in [0.1, 0.15) is 43.1 Å². The number of amides is 5. The number of rotatable bonds is 64. The zero-order valence-corrected chi connectivity index (χ0v) is 80.1. The molecule has 29 nitrogen and oxygen atoms in total. The van der Waals surface area contributed by atoms with Crippen molar-refractivity contribution in [3.8, 4) is 0 Å². The van der Waals surface area contributed by atoms with Gasteiger partial charge in [-0.05, 0) is 137 Å². The lowest BCUT2D eigenvalue weighted by Gasteiger charge is -2.34. The molecule has 0 heterocycles. The Kier molecular flexibility index (Phi) is 58.3. The number of nitrogens with one attached hydrogen (secondary N) is 5. The lowest BCUT2D eigenvalue weighted by Crippen LogP contribution is -2.46. The van der Waals surface area contributed by atoms with Crippen LogP contribution in [0.4, 0.5) is 0 Å². The minimum Gasteiger partial charge on any atom is -0.744 e. The van der Waals surface area contributed by atoms with Crippen LogP contribution >= 0.6 is 37.9 Å². The van der Waals surface area contributed by atoms with Gasteiger partial charge < -0.3 is 73.4 Å². The third kappa shape index (κ3) is 58.2. The summed E-state index contributed by atoms with van der Waals surface area (Å²) < 4.78 is 86.8. The number of carboxylic acid groups (broad SMARTS) is 1. The van der Waals surface area contributed by atoms with E-state index < -0.39 is 88.4 Å². The molecule has 6 N–H and O–H groups in total. The second-order valence-electron chi connectivity index (χ2n) is 36.4. The number of hydrogen-bond donors (Lipinski definition) is 9. The van der Waals surface area contributed by atoms with Crippen LogP contribution in [0.1, 0.15) is 284 Å². The van der Waals surface area contributed by atoms with Gasteiger partial charge in [-0.2, -0.15) is 46.3 Å². The van der Waals surface area contributed by atoms with E-state index >= 15 is 0 Å². The van der Waals surface area contributed by atoms with E-state index in [0.29, 0.717) is 97.7 Å². The molecule has 0 bridgehead atoms. The number of quaternary nitrogens is 3. The molecule has 6 unspecified atom stereocenters. The fourth-order valence-corrected chi connectivity index (χ4v) is 17.0. The smallest absolute Gasteiger partial charge is 0.316 e. The quantitative estimate of drug-likeness (QED) is 0.00682. The molecule has 0 aliphatic rings. The molecular formula is C83H161N8O21S5+. The van der Waals surface area contributed by atoms with Crippen molar-refractivity contribution in [1.82, 2.24) is 26.6 Å². The molecule has 0 aliphatic heterocycles. The van der Waals surface area contributed by atoms with Crippen molar-refractivity contribution >= 4 is 118 Å². The summed E-state index contributed by atoms with van der Waals surface area (Å²) in [5.74, 6) is -4.30. The highest BCUT2D eigenvalue weighted by Gasteiger charge is 2.45. The van der Waals surface area contributed by atoms with E-state index in [0.717, 1.165) is 116 Å². The first kappa shape index (κ1) is 117. The second kappa shape index (κ2) is 58.5. The average molecular weight is 1770 g/mol. The molecule has 0 saturated carbocycles. The Hall–Kier alpha value is -4.55. The molecule has 0 saturated heterocycles. The van der Waals surface area contributed by atoms with Gasteiger partial charge in [0.2, 0.25) is 35.4 Å². The van der Waals surface area contributed by atoms with Crippen molar-refractivity contribution in [2.75, 3.05) is 139 Å². The minimum absolute atomic E-state index is 0.0376. The van der Waals surface area contributed by atoms with Gasteiger partial charge in [0.05, 0.1) is 103 Å². The number of nitrogens with zero attached hydrogens (tertiary/aromatic N) is 3. The van der Waals surface area contributed by atoms with E-state index in [1.807, 2.05) is 55.6 Å². The summed E-state index contributed by atoms with van der Waals surface area (Å²) in [6.45, 7) is 31.8. The number of carbonyl (C=O) groups excluding carboxylic acids is 10. The van der Waals surface area contributed by atoms with E-state index in [-0.39, 0.29) is 116 Å². The first-order valence-corrected chi connectivity index (χ1v) is 47.2. The molecule has 0 rings (SSSR count). The number of thiol groups is 3.